The molecule has 0 spiro atoms. The monoisotopic (exact) mass is 588 g/mol. The van der Waals surface area contributed by atoms with Gasteiger partial charge in [-0.05, 0) is 110 Å². The van der Waals surface area contributed by atoms with E-state index in [4.69, 9.17) is 4.74 Å². The molecule has 0 atom stereocenters. The lowest BCUT2D eigenvalue weighted by Gasteiger charge is -2.33. The first-order valence-corrected chi connectivity index (χ1v) is 15.3. The molecule has 3 aromatic carbocycles. The normalized spacial score (nSPS) is 23.1. The van der Waals surface area contributed by atoms with Crippen molar-refractivity contribution in [3.63, 3.8) is 0 Å². The van der Waals surface area contributed by atoms with E-state index in [-0.39, 0.29) is 35.6 Å². The Bertz CT molecular complexity index is 1320. The molecule has 5 rings (SSSR count). The molecule has 2 aliphatic carbocycles. The number of unbranched alkanes of at least 4 members (excludes halogenated alkanes) is 1. The number of benzene rings is 3. The third-order valence-electron chi connectivity index (χ3n) is 9.38. The van der Waals surface area contributed by atoms with Gasteiger partial charge < -0.3 is 4.74 Å². The Labute approximate surface area is 244 Å². The van der Waals surface area contributed by atoms with E-state index in [2.05, 4.69) is 31.2 Å². The molecule has 0 aliphatic heterocycles. The average molecular weight is 589 g/mol. The van der Waals surface area contributed by atoms with Gasteiger partial charge in [-0.15, -0.1) is 0 Å². The SMILES string of the molecule is CCCCC1CCC(c2ccc(C3CCC(C(F)(F)Oc4ccc(-c5cc(F)c(F)c(F)c5)c(F)c4)CC3)cc2)CC1. The molecule has 2 fully saturated rings. The van der Waals surface area contributed by atoms with Crippen molar-refractivity contribution in [1.29, 1.82) is 0 Å². The number of rotatable bonds is 9. The van der Waals surface area contributed by atoms with Gasteiger partial charge in [-0.25, -0.2) is 17.6 Å². The summed E-state index contributed by atoms with van der Waals surface area (Å²) in [6, 6.07) is 13.1. The third-order valence-corrected chi connectivity index (χ3v) is 9.38. The zero-order valence-electron chi connectivity index (χ0n) is 24.0. The molecular weight excluding hydrogens is 550 g/mol. The molecule has 226 valence electrons. The van der Waals surface area contributed by atoms with Crippen molar-refractivity contribution in [3.8, 4) is 16.9 Å². The second-order valence-electron chi connectivity index (χ2n) is 12.1. The highest BCUT2D eigenvalue weighted by Crippen LogP contribution is 2.44. The molecule has 0 radical (unpaired) electrons. The van der Waals surface area contributed by atoms with Gasteiger partial charge in [0.1, 0.15) is 11.6 Å². The van der Waals surface area contributed by atoms with Crippen LogP contribution in [0.3, 0.4) is 0 Å². The molecule has 0 saturated heterocycles. The van der Waals surface area contributed by atoms with Gasteiger partial charge in [0.15, 0.2) is 17.5 Å². The van der Waals surface area contributed by atoms with Crippen LogP contribution in [0.1, 0.15) is 101 Å². The molecule has 0 heterocycles. The van der Waals surface area contributed by atoms with Crippen molar-refractivity contribution < 1.29 is 31.1 Å². The summed E-state index contributed by atoms with van der Waals surface area (Å²) >= 11 is 0. The summed E-state index contributed by atoms with van der Waals surface area (Å²) in [5, 5.41) is 0. The molecule has 0 N–H and O–H groups in total. The second kappa shape index (κ2) is 13.1. The summed E-state index contributed by atoms with van der Waals surface area (Å²) in [7, 11) is 0. The van der Waals surface area contributed by atoms with Crippen molar-refractivity contribution in [2.45, 2.75) is 95.5 Å². The highest BCUT2D eigenvalue weighted by molar-refractivity contribution is 5.65. The summed E-state index contributed by atoms with van der Waals surface area (Å²) in [6.45, 7) is 2.25. The van der Waals surface area contributed by atoms with E-state index in [9.17, 15) is 17.6 Å². The van der Waals surface area contributed by atoms with Crippen LogP contribution in [0, 0.1) is 35.1 Å². The molecule has 1 nitrogen and oxygen atoms in total. The van der Waals surface area contributed by atoms with E-state index in [0.29, 0.717) is 30.9 Å². The lowest BCUT2D eigenvalue weighted by atomic mass is 9.75. The standard InChI is InChI=1S/C35H38F6O/c1-2-3-4-22-5-7-23(8-6-22)24-9-11-25(12-10-24)26-13-15-28(16-14-26)35(40,41)42-29-17-18-30(31(36)21-29)27-19-32(37)34(39)33(38)20-27/h9-12,17-23,26,28H,2-8,13-16H2,1H3. The van der Waals surface area contributed by atoms with Crippen molar-refractivity contribution in [2.75, 3.05) is 0 Å². The first kappa shape index (κ1) is 30.5. The predicted octanol–water partition coefficient (Wildman–Crippen LogP) is 11.3. The zero-order valence-corrected chi connectivity index (χ0v) is 24.0. The van der Waals surface area contributed by atoms with Gasteiger partial charge in [-0.1, -0.05) is 50.5 Å². The maximum Gasteiger partial charge on any atom is 0.400 e. The topological polar surface area (TPSA) is 9.23 Å². The minimum absolute atomic E-state index is 0.212. The lowest BCUT2D eigenvalue weighted by molar-refractivity contribution is -0.222. The van der Waals surface area contributed by atoms with E-state index in [1.165, 1.54) is 56.1 Å². The van der Waals surface area contributed by atoms with E-state index in [1.807, 2.05) is 0 Å². The minimum atomic E-state index is -3.51. The fraction of sp³-hybridized carbons (Fsp3) is 0.486. The quantitative estimate of drug-likeness (QED) is 0.178. The van der Waals surface area contributed by atoms with E-state index >= 15 is 8.78 Å². The lowest BCUT2D eigenvalue weighted by Crippen LogP contribution is -2.37. The number of halogens is 6. The smallest absolute Gasteiger partial charge is 0.400 e. The summed E-state index contributed by atoms with van der Waals surface area (Å²) in [5.74, 6) is -5.32. The first-order chi connectivity index (χ1) is 20.1. The van der Waals surface area contributed by atoms with Gasteiger partial charge in [0.05, 0.1) is 5.92 Å². The second-order valence-corrected chi connectivity index (χ2v) is 12.1. The largest absolute Gasteiger partial charge is 0.432 e. The fourth-order valence-electron chi connectivity index (χ4n) is 6.83. The van der Waals surface area contributed by atoms with Crippen molar-refractivity contribution in [3.05, 3.63) is 89.0 Å². The van der Waals surface area contributed by atoms with Crippen molar-refractivity contribution >= 4 is 0 Å². The maximum atomic E-state index is 15.1. The molecule has 0 bridgehead atoms. The van der Waals surface area contributed by atoms with Crippen LogP contribution in [0.15, 0.2) is 54.6 Å². The Morgan fingerprint density at radius 3 is 1.76 bits per heavy atom. The number of hydrogen-bond donors (Lipinski definition) is 0. The number of alkyl halides is 2. The van der Waals surface area contributed by atoms with E-state index in [1.54, 1.807) is 0 Å². The summed E-state index contributed by atoms with van der Waals surface area (Å²) in [4.78, 5) is 0. The highest BCUT2D eigenvalue weighted by atomic mass is 19.3. The Morgan fingerprint density at radius 2 is 1.24 bits per heavy atom. The van der Waals surface area contributed by atoms with Crippen LogP contribution in [0.4, 0.5) is 26.3 Å². The van der Waals surface area contributed by atoms with E-state index < -0.39 is 35.3 Å². The first-order valence-electron chi connectivity index (χ1n) is 15.3. The van der Waals surface area contributed by atoms with Gasteiger partial charge in [0.2, 0.25) is 0 Å². The molecule has 0 amide bonds. The van der Waals surface area contributed by atoms with Crippen molar-refractivity contribution in [1.82, 2.24) is 0 Å². The Morgan fingerprint density at radius 1 is 0.690 bits per heavy atom. The van der Waals surface area contributed by atoms with Crippen LogP contribution in [0.25, 0.3) is 11.1 Å². The molecule has 7 heteroatoms. The molecule has 2 aliphatic rings. The fourth-order valence-corrected chi connectivity index (χ4v) is 6.83. The van der Waals surface area contributed by atoms with Crippen LogP contribution >= 0.6 is 0 Å². The molecule has 0 unspecified atom stereocenters. The van der Waals surface area contributed by atoms with Crippen LogP contribution in [-0.4, -0.2) is 6.11 Å². The average Bonchev–Trinajstić information content (AvgIpc) is 2.99. The van der Waals surface area contributed by atoms with Gasteiger partial charge in [0, 0.05) is 11.6 Å². The Kier molecular flexibility index (Phi) is 9.54. The van der Waals surface area contributed by atoms with Gasteiger partial charge in [0.25, 0.3) is 0 Å². The van der Waals surface area contributed by atoms with Gasteiger partial charge in [-0.2, -0.15) is 8.78 Å². The summed E-state index contributed by atoms with van der Waals surface area (Å²) in [5.41, 5.74) is 2.07. The van der Waals surface area contributed by atoms with Crippen LogP contribution < -0.4 is 4.74 Å². The van der Waals surface area contributed by atoms with Gasteiger partial charge >= 0.3 is 6.11 Å². The summed E-state index contributed by atoms with van der Waals surface area (Å²) < 4.78 is 90.3. The summed E-state index contributed by atoms with van der Waals surface area (Å²) in [6.07, 6.45) is 7.28. The predicted molar refractivity (Wildman–Crippen MR) is 153 cm³/mol. The highest BCUT2D eigenvalue weighted by Gasteiger charge is 2.44. The molecular formula is C35H38F6O. The molecule has 2 saturated carbocycles. The maximum absolute atomic E-state index is 15.1. The Hall–Kier alpha value is -2.96. The Balaban J connectivity index is 1.15. The number of ether oxygens (including phenoxy) is 1. The molecule has 42 heavy (non-hydrogen) atoms. The van der Waals surface area contributed by atoms with Crippen LogP contribution in [0.2, 0.25) is 0 Å². The minimum Gasteiger partial charge on any atom is -0.432 e. The van der Waals surface area contributed by atoms with Crippen molar-refractivity contribution in [2.24, 2.45) is 11.8 Å². The van der Waals surface area contributed by atoms with E-state index in [0.717, 1.165) is 24.1 Å². The number of hydrogen-bond acceptors (Lipinski definition) is 1. The van der Waals surface area contributed by atoms with Crippen LogP contribution in [-0.2, 0) is 0 Å². The molecule has 0 aromatic heterocycles. The zero-order chi connectivity index (χ0) is 29.9. The third kappa shape index (κ3) is 6.98. The van der Waals surface area contributed by atoms with Gasteiger partial charge in [-0.3, -0.25) is 0 Å². The molecule has 3 aromatic rings. The van der Waals surface area contributed by atoms with Crippen LogP contribution in [0.5, 0.6) is 5.75 Å².